The quantitative estimate of drug-likeness (QED) is 0.818. The van der Waals surface area contributed by atoms with E-state index in [-0.39, 0.29) is 16.4 Å². The third-order valence-corrected chi connectivity index (χ3v) is 5.03. The summed E-state index contributed by atoms with van der Waals surface area (Å²) in [6, 6.07) is 11.4. The molecule has 0 amide bonds. The monoisotopic (exact) mass is 356 g/mol. The van der Waals surface area contributed by atoms with Gasteiger partial charge >= 0.3 is 0 Å². The van der Waals surface area contributed by atoms with Gasteiger partial charge in [-0.15, -0.1) is 0 Å². The first kappa shape index (κ1) is 17.5. The molecule has 0 saturated heterocycles. The molecule has 0 aromatic heterocycles. The molecule has 0 fully saturated rings. The number of carbonyl (C=O) groups excluding carboxylic acids is 3. The van der Waals surface area contributed by atoms with Gasteiger partial charge in [0.15, 0.2) is 5.12 Å². The highest BCUT2D eigenvalue weighted by Gasteiger charge is 2.31. The van der Waals surface area contributed by atoms with E-state index < -0.39 is 23.8 Å². The van der Waals surface area contributed by atoms with Gasteiger partial charge in [0.2, 0.25) is 11.6 Å². The predicted molar refractivity (Wildman–Crippen MR) is 94.6 cm³/mol. The third kappa shape index (κ3) is 3.28. The van der Waals surface area contributed by atoms with Gasteiger partial charge in [-0.05, 0) is 28.8 Å². The number of benzene rings is 2. The van der Waals surface area contributed by atoms with Crippen molar-refractivity contribution in [2.24, 2.45) is 0 Å². The van der Waals surface area contributed by atoms with Gasteiger partial charge in [-0.1, -0.05) is 42.1 Å². The van der Waals surface area contributed by atoms with E-state index in [0.717, 1.165) is 11.8 Å². The van der Waals surface area contributed by atoms with Crippen molar-refractivity contribution in [3.05, 3.63) is 59.2 Å². The zero-order valence-electron chi connectivity index (χ0n) is 13.4. The van der Waals surface area contributed by atoms with Crippen molar-refractivity contribution in [1.82, 2.24) is 0 Å². The summed E-state index contributed by atoms with van der Waals surface area (Å²) in [6.45, 7) is 1.39. The Hall–Kier alpha value is -2.28. The second-order valence-corrected chi connectivity index (χ2v) is 7.02. The molecule has 2 N–H and O–H groups in total. The van der Waals surface area contributed by atoms with Crippen molar-refractivity contribution in [2.75, 3.05) is 5.75 Å². The van der Waals surface area contributed by atoms with Crippen LogP contribution in [-0.4, -0.2) is 38.8 Å². The second kappa shape index (κ2) is 6.92. The highest BCUT2D eigenvalue weighted by Crippen LogP contribution is 2.35. The molecule has 2 aromatic carbocycles. The zero-order chi connectivity index (χ0) is 18.1. The molecule has 0 radical (unpaired) electrons. The number of thioether (sulfide) groups is 1. The Morgan fingerprint density at radius 3 is 2.20 bits per heavy atom. The Morgan fingerprint density at radius 1 is 0.960 bits per heavy atom. The molecule has 2 atom stereocenters. The number of hydrogen-bond donors (Lipinski definition) is 2. The van der Waals surface area contributed by atoms with Crippen LogP contribution in [0.1, 0.15) is 39.3 Å². The Balaban J connectivity index is 1.99. The molecular weight excluding hydrogens is 340 g/mol. The predicted octanol–water partition coefficient (Wildman–Crippen LogP) is 2.41. The fraction of sp³-hybridized carbons (Fsp3) is 0.211. The van der Waals surface area contributed by atoms with Crippen LogP contribution in [0.2, 0.25) is 0 Å². The number of ketones is 2. The van der Waals surface area contributed by atoms with E-state index in [2.05, 4.69) is 0 Å². The summed E-state index contributed by atoms with van der Waals surface area (Å²) >= 11 is 0.933. The van der Waals surface area contributed by atoms with Crippen molar-refractivity contribution in [3.8, 4) is 11.1 Å². The number of aliphatic hydroxyl groups excluding tert-OH is 2. The molecule has 0 spiro atoms. The van der Waals surface area contributed by atoms with E-state index in [1.54, 1.807) is 30.3 Å². The van der Waals surface area contributed by atoms with E-state index in [1.807, 2.05) is 0 Å². The van der Waals surface area contributed by atoms with E-state index in [0.29, 0.717) is 22.3 Å². The van der Waals surface area contributed by atoms with E-state index in [4.69, 9.17) is 0 Å². The number of rotatable bonds is 4. The lowest BCUT2D eigenvalue weighted by Gasteiger charge is -2.22. The van der Waals surface area contributed by atoms with Crippen LogP contribution in [0.5, 0.6) is 0 Å². The van der Waals surface area contributed by atoms with Gasteiger partial charge in [-0.2, -0.15) is 0 Å². The molecule has 0 aliphatic heterocycles. The standard InChI is InChI=1S/C19H16O5S/c1-10(20)25-9-16(21)17(22)11-6-7-14-15(8-11)12-4-2-3-5-13(12)18(23)19(14)24/h2-8,16-17,21-22H,9H2,1H3. The fourth-order valence-corrected chi connectivity index (χ4v) is 3.43. The van der Waals surface area contributed by atoms with Gasteiger partial charge < -0.3 is 10.2 Å². The van der Waals surface area contributed by atoms with E-state index >= 15 is 0 Å². The SMILES string of the molecule is CC(=O)SCC(O)C(O)c1ccc2c(c1)-c1ccccc1C(=O)C2=O. The minimum atomic E-state index is -1.20. The van der Waals surface area contributed by atoms with Crippen LogP contribution in [-0.2, 0) is 4.79 Å². The van der Waals surface area contributed by atoms with Gasteiger partial charge in [0.25, 0.3) is 0 Å². The number of fused-ring (bicyclic) bond motifs is 3. The maximum absolute atomic E-state index is 12.3. The van der Waals surface area contributed by atoms with Crippen molar-refractivity contribution in [2.45, 2.75) is 19.1 Å². The number of hydrogen-bond acceptors (Lipinski definition) is 6. The molecule has 2 unspecified atom stereocenters. The summed E-state index contributed by atoms with van der Waals surface area (Å²) in [4.78, 5) is 35.5. The van der Waals surface area contributed by atoms with Crippen LogP contribution >= 0.6 is 11.8 Å². The Kier molecular flexibility index (Phi) is 4.85. The smallest absolute Gasteiger partial charge is 0.234 e. The molecule has 2 aromatic rings. The van der Waals surface area contributed by atoms with Gasteiger partial charge in [0, 0.05) is 23.8 Å². The average Bonchev–Trinajstić information content (AvgIpc) is 2.63. The largest absolute Gasteiger partial charge is 0.389 e. The van der Waals surface area contributed by atoms with Crippen LogP contribution in [0.4, 0.5) is 0 Å². The van der Waals surface area contributed by atoms with Crippen molar-refractivity contribution in [1.29, 1.82) is 0 Å². The first-order valence-corrected chi connectivity index (χ1v) is 8.70. The summed E-state index contributed by atoms with van der Waals surface area (Å²) in [5.41, 5.74) is 2.23. The van der Waals surface area contributed by atoms with Gasteiger partial charge in [-0.3, -0.25) is 14.4 Å². The number of aliphatic hydroxyl groups is 2. The molecule has 0 bridgehead atoms. The maximum Gasteiger partial charge on any atom is 0.234 e. The summed E-state index contributed by atoms with van der Waals surface area (Å²) in [5, 5.41) is 20.3. The molecule has 128 valence electrons. The van der Waals surface area contributed by atoms with Crippen LogP contribution in [0.15, 0.2) is 42.5 Å². The van der Waals surface area contributed by atoms with Crippen LogP contribution in [0.3, 0.4) is 0 Å². The number of carbonyl (C=O) groups is 3. The fourth-order valence-electron chi connectivity index (χ4n) is 2.84. The van der Waals surface area contributed by atoms with Crippen molar-refractivity contribution >= 4 is 28.4 Å². The molecule has 6 heteroatoms. The van der Waals surface area contributed by atoms with Gasteiger partial charge in [0.05, 0.1) is 6.10 Å². The summed E-state index contributed by atoms with van der Waals surface area (Å²) in [5.74, 6) is -1.06. The highest BCUT2D eigenvalue weighted by atomic mass is 32.2. The molecule has 0 heterocycles. The molecule has 5 nitrogen and oxygen atoms in total. The van der Waals surface area contributed by atoms with Crippen molar-refractivity contribution < 1.29 is 24.6 Å². The van der Waals surface area contributed by atoms with Crippen LogP contribution in [0, 0.1) is 0 Å². The topological polar surface area (TPSA) is 91.7 Å². The third-order valence-electron chi connectivity index (χ3n) is 4.12. The molecular formula is C19H16O5S. The van der Waals surface area contributed by atoms with Gasteiger partial charge in [0.1, 0.15) is 6.10 Å². The zero-order valence-corrected chi connectivity index (χ0v) is 14.2. The molecule has 1 aliphatic rings. The highest BCUT2D eigenvalue weighted by molar-refractivity contribution is 8.13. The van der Waals surface area contributed by atoms with Crippen molar-refractivity contribution in [3.63, 3.8) is 0 Å². The minimum absolute atomic E-state index is 0.0710. The molecule has 0 saturated carbocycles. The lowest BCUT2D eigenvalue weighted by atomic mass is 9.82. The average molecular weight is 356 g/mol. The number of Topliss-reactive ketones (excluding diaryl/α,β-unsaturated/α-hetero) is 2. The minimum Gasteiger partial charge on any atom is -0.389 e. The first-order valence-electron chi connectivity index (χ1n) is 7.72. The summed E-state index contributed by atoms with van der Waals surface area (Å²) in [6.07, 6.45) is -2.32. The first-order chi connectivity index (χ1) is 11.9. The summed E-state index contributed by atoms with van der Waals surface area (Å²) < 4.78 is 0. The second-order valence-electron chi connectivity index (χ2n) is 5.82. The van der Waals surface area contributed by atoms with Crippen LogP contribution in [0.25, 0.3) is 11.1 Å². The van der Waals surface area contributed by atoms with Gasteiger partial charge in [-0.25, -0.2) is 0 Å². The Labute approximate surface area is 148 Å². The van der Waals surface area contributed by atoms with Crippen LogP contribution < -0.4 is 0 Å². The van der Waals surface area contributed by atoms with E-state index in [1.165, 1.54) is 19.1 Å². The normalized spacial score (nSPS) is 15.3. The Bertz CT molecular complexity index is 874. The molecule has 3 rings (SSSR count). The Morgan fingerprint density at radius 2 is 1.56 bits per heavy atom. The van der Waals surface area contributed by atoms with E-state index in [9.17, 15) is 24.6 Å². The maximum atomic E-state index is 12.3. The molecule has 1 aliphatic carbocycles. The molecule has 25 heavy (non-hydrogen) atoms. The lowest BCUT2D eigenvalue weighted by Crippen LogP contribution is -2.23. The summed E-state index contributed by atoms with van der Waals surface area (Å²) in [7, 11) is 0. The lowest BCUT2D eigenvalue weighted by molar-refractivity contribution is -0.109.